The average molecular weight is 254 g/mol. The van der Waals surface area contributed by atoms with Crippen LogP contribution in [-0.4, -0.2) is 5.78 Å². The van der Waals surface area contributed by atoms with Crippen molar-refractivity contribution < 1.29 is 4.79 Å². The van der Waals surface area contributed by atoms with Crippen molar-refractivity contribution in [2.24, 2.45) is 0 Å². The van der Waals surface area contributed by atoms with Crippen LogP contribution in [0.5, 0.6) is 0 Å². The van der Waals surface area contributed by atoms with Crippen LogP contribution in [0.3, 0.4) is 0 Å². The molecule has 0 fully saturated rings. The Labute approximate surface area is 111 Å². The minimum atomic E-state index is -0.426. The number of benzene rings is 2. The molecule has 1 atom stereocenters. The normalized spacial score (nSPS) is 21.9. The molecule has 0 amide bonds. The number of rotatable bonds is 2. The van der Waals surface area contributed by atoms with Gasteiger partial charge in [-0.25, -0.2) is 0 Å². The highest BCUT2D eigenvalue weighted by Crippen LogP contribution is 2.53. The van der Waals surface area contributed by atoms with E-state index in [9.17, 15) is 4.79 Å². The van der Waals surface area contributed by atoms with E-state index in [2.05, 4.69) is 19.1 Å². The first-order valence-corrected chi connectivity index (χ1v) is 6.98. The summed E-state index contributed by atoms with van der Waals surface area (Å²) in [5, 5.41) is 0. The molecule has 0 saturated carbocycles. The van der Waals surface area contributed by atoms with Crippen molar-refractivity contribution in [2.45, 2.75) is 23.0 Å². The van der Waals surface area contributed by atoms with Crippen LogP contribution >= 0.6 is 11.8 Å². The topological polar surface area (TPSA) is 17.1 Å². The van der Waals surface area contributed by atoms with E-state index in [1.807, 2.05) is 42.5 Å². The third-order valence-corrected chi connectivity index (χ3v) is 5.15. The van der Waals surface area contributed by atoms with Gasteiger partial charge in [0, 0.05) is 10.5 Å². The minimum Gasteiger partial charge on any atom is -0.292 e. The molecule has 3 rings (SSSR count). The standard InChI is InChI=1S/C16H14OS/c1-2-16(12-8-4-3-5-9-12)15(17)13-10-6-7-11-14(13)18-16/h3-11H,2H2,1H3. The molecule has 0 aromatic heterocycles. The fraction of sp³-hybridized carbons (Fsp3) is 0.188. The van der Waals surface area contributed by atoms with Gasteiger partial charge in [0.05, 0.1) is 0 Å². The molecule has 2 aromatic carbocycles. The average Bonchev–Trinajstić information content (AvgIpc) is 2.74. The molecule has 1 unspecified atom stereocenters. The molecule has 0 aliphatic carbocycles. The van der Waals surface area contributed by atoms with Crippen molar-refractivity contribution in [1.29, 1.82) is 0 Å². The molecule has 0 bridgehead atoms. The first-order chi connectivity index (χ1) is 8.78. The van der Waals surface area contributed by atoms with E-state index >= 15 is 0 Å². The third-order valence-electron chi connectivity index (χ3n) is 3.52. The quantitative estimate of drug-likeness (QED) is 0.795. The summed E-state index contributed by atoms with van der Waals surface area (Å²) in [7, 11) is 0. The Morgan fingerprint density at radius 2 is 1.67 bits per heavy atom. The zero-order chi connectivity index (χ0) is 12.6. The van der Waals surface area contributed by atoms with Gasteiger partial charge in [-0.2, -0.15) is 0 Å². The van der Waals surface area contributed by atoms with Crippen LogP contribution < -0.4 is 0 Å². The van der Waals surface area contributed by atoms with E-state index in [4.69, 9.17) is 0 Å². The number of carbonyl (C=O) groups is 1. The lowest BCUT2D eigenvalue weighted by Gasteiger charge is -2.25. The van der Waals surface area contributed by atoms with Gasteiger partial charge in [0.1, 0.15) is 4.75 Å². The molecule has 0 radical (unpaired) electrons. The second kappa shape index (κ2) is 4.29. The number of carbonyl (C=O) groups excluding carboxylic acids is 1. The molecule has 18 heavy (non-hydrogen) atoms. The summed E-state index contributed by atoms with van der Waals surface area (Å²) in [6.45, 7) is 2.09. The summed E-state index contributed by atoms with van der Waals surface area (Å²) in [4.78, 5) is 13.8. The number of fused-ring (bicyclic) bond motifs is 1. The predicted molar refractivity (Wildman–Crippen MR) is 75.0 cm³/mol. The molecule has 2 heteroatoms. The van der Waals surface area contributed by atoms with Crippen molar-refractivity contribution >= 4 is 17.5 Å². The molecule has 0 saturated heterocycles. The van der Waals surface area contributed by atoms with Crippen molar-refractivity contribution in [2.75, 3.05) is 0 Å². The van der Waals surface area contributed by atoms with Gasteiger partial charge >= 0.3 is 0 Å². The third kappa shape index (κ3) is 1.52. The van der Waals surface area contributed by atoms with Crippen LogP contribution in [0.4, 0.5) is 0 Å². The zero-order valence-corrected chi connectivity index (χ0v) is 11.0. The number of thioether (sulfide) groups is 1. The Morgan fingerprint density at radius 3 is 2.33 bits per heavy atom. The lowest BCUT2D eigenvalue weighted by Crippen LogP contribution is -2.27. The van der Waals surface area contributed by atoms with Crippen molar-refractivity contribution in [3.8, 4) is 0 Å². The van der Waals surface area contributed by atoms with Gasteiger partial charge < -0.3 is 0 Å². The fourth-order valence-corrected chi connectivity index (χ4v) is 3.92. The number of hydrogen-bond acceptors (Lipinski definition) is 2. The molecule has 0 N–H and O–H groups in total. The fourth-order valence-electron chi connectivity index (χ4n) is 2.53. The highest BCUT2D eigenvalue weighted by Gasteiger charge is 2.46. The van der Waals surface area contributed by atoms with E-state index in [1.165, 1.54) is 0 Å². The predicted octanol–water partition coefficient (Wildman–Crippen LogP) is 4.28. The number of Topliss-reactive ketones (excluding diaryl/α,β-unsaturated/α-hetero) is 1. The van der Waals surface area contributed by atoms with E-state index in [0.717, 1.165) is 22.4 Å². The highest BCUT2D eigenvalue weighted by molar-refractivity contribution is 8.01. The monoisotopic (exact) mass is 254 g/mol. The Hall–Kier alpha value is -1.54. The van der Waals surface area contributed by atoms with Gasteiger partial charge in [-0.3, -0.25) is 4.79 Å². The Balaban J connectivity index is 2.15. The van der Waals surface area contributed by atoms with Crippen LogP contribution in [0.15, 0.2) is 59.5 Å². The molecule has 2 aromatic rings. The second-order valence-electron chi connectivity index (χ2n) is 4.47. The SMILES string of the molecule is CCC1(c2ccccc2)Sc2ccccc2C1=O. The lowest BCUT2D eigenvalue weighted by molar-refractivity contribution is 0.0943. The highest BCUT2D eigenvalue weighted by atomic mass is 32.2. The number of hydrogen-bond donors (Lipinski definition) is 0. The molecule has 1 heterocycles. The zero-order valence-electron chi connectivity index (χ0n) is 10.2. The summed E-state index contributed by atoms with van der Waals surface area (Å²) in [5.74, 6) is 0.247. The molecule has 1 aliphatic rings. The van der Waals surface area contributed by atoms with Gasteiger partial charge in [0.25, 0.3) is 0 Å². The second-order valence-corrected chi connectivity index (χ2v) is 5.81. The summed E-state index contributed by atoms with van der Waals surface area (Å²) >= 11 is 1.70. The van der Waals surface area contributed by atoms with Gasteiger partial charge in [-0.1, -0.05) is 55.5 Å². The van der Waals surface area contributed by atoms with E-state index in [-0.39, 0.29) is 5.78 Å². The van der Waals surface area contributed by atoms with Crippen molar-refractivity contribution in [3.05, 3.63) is 65.7 Å². The van der Waals surface area contributed by atoms with Gasteiger partial charge in [-0.05, 0) is 18.1 Å². The number of ketones is 1. The lowest BCUT2D eigenvalue weighted by atomic mass is 9.88. The molecule has 1 aliphatic heterocycles. The van der Waals surface area contributed by atoms with Crippen LogP contribution in [-0.2, 0) is 4.75 Å². The maximum absolute atomic E-state index is 12.7. The van der Waals surface area contributed by atoms with Crippen LogP contribution in [0.1, 0.15) is 29.3 Å². The molecule has 0 spiro atoms. The minimum absolute atomic E-state index is 0.247. The smallest absolute Gasteiger partial charge is 0.184 e. The van der Waals surface area contributed by atoms with E-state index in [0.29, 0.717) is 0 Å². The van der Waals surface area contributed by atoms with Crippen molar-refractivity contribution in [1.82, 2.24) is 0 Å². The van der Waals surface area contributed by atoms with E-state index in [1.54, 1.807) is 11.8 Å². The Morgan fingerprint density at radius 1 is 1.00 bits per heavy atom. The molecular weight excluding hydrogens is 240 g/mol. The van der Waals surface area contributed by atoms with Crippen LogP contribution in [0, 0.1) is 0 Å². The Kier molecular flexibility index (Phi) is 2.75. The van der Waals surface area contributed by atoms with E-state index < -0.39 is 4.75 Å². The summed E-state index contributed by atoms with van der Waals surface area (Å²) in [6, 6.07) is 18.0. The maximum Gasteiger partial charge on any atom is 0.184 e. The first-order valence-electron chi connectivity index (χ1n) is 6.16. The maximum atomic E-state index is 12.7. The Bertz CT molecular complexity index is 591. The summed E-state index contributed by atoms with van der Waals surface area (Å²) < 4.78 is -0.426. The van der Waals surface area contributed by atoms with Crippen molar-refractivity contribution in [3.63, 3.8) is 0 Å². The largest absolute Gasteiger partial charge is 0.292 e. The summed E-state index contributed by atoms with van der Waals surface area (Å²) in [6.07, 6.45) is 0.815. The van der Waals surface area contributed by atoms with Gasteiger partial charge in [0.2, 0.25) is 0 Å². The first kappa shape index (κ1) is 11.5. The summed E-state index contributed by atoms with van der Waals surface area (Å²) in [5.41, 5.74) is 1.98. The molecular formula is C16H14OS. The molecule has 90 valence electrons. The van der Waals surface area contributed by atoms with Gasteiger partial charge in [0.15, 0.2) is 5.78 Å². The van der Waals surface area contributed by atoms with Crippen LogP contribution in [0.2, 0.25) is 0 Å². The van der Waals surface area contributed by atoms with Gasteiger partial charge in [-0.15, -0.1) is 11.8 Å². The van der Waals surface area contributed by atoms with Crippen LogP contribution in [0.25, 0.3) is 0 Å². The molecule has 1 nitrogen and oxygen atoms in total.